The van der Waals surface area contributed by atoms with Crippen molar-refractivity contribution < 1.29 is 22.4 Å². The zero-order chi connectivity index (χ0) is 16.3. The van der Waals surface area contributed by atoms with Crippen LogP contribution in [-0.2, 0) is 11.2 Å². The van der Waals surface area contributed by atoms with Crippen molar-refractivity contribution in [3.8, 4) is 0 Å². The summed E-state index contributed by atoms with van der Waals surface area (Å²) in [6, 6.07) is 10.5. The molecule has 2 rings (SSSR count). The van der Waals surface area contributed by atoms with Crippen LogP contribution in [0.1, 0.15) is 12.5 Å². The molecule has 22 heavy (non-hydrogen) atoms. The van der Waals surface area contributed by atoms with Gasteiger partial charge in [-0.05, 0) is 48.4 Å². The van der Waals surface area contributed by atoms with E-state index in [1.807, 2.05) is 6.92 Å². The molecule has 0 spiro atoms. The largest absolute Gasteiger partial charge is 0.472 e. The van der Waals surface area contributed by atoms with Gasteiger partial charge >= 0.3 is 12.1 Å². The molecule has 2 aromatic rings. The van der Waals surface area contributed by atoms with Gasteiger partial charge in [-0.1, -0.05) is 19.1 Å². The van der Waals surface area contributed by atoms with E-state index in [0.29, 0.717) is 11.3 Å². The van der Waals surface area contributed by atoms with Crippen LogP contribution in [-0.4, -0.2) is 12.1 Å². The molecule has 6 heteroatoms. The molecule has 0 saturated heterocycles. The van der Waals surface area contributed by atoms with Crippen molar-refractivity contribution in [2.75, 3.05) is 4.90 Å². The number of alkyl halides is 3. The van der Waals surface area contributed by atoms with Crippen molar-refractivity contribution in [3.05, 3.63) is 59.9 Å². The minimum absolute atomic E-state index is 0.0445. The van der Waals surface area contributed by atoms with E-state index >= 15 is 0 Å². The maximum atomic E-state index is 13.0. The van der Waals surface area contributed by atoms with Crippen molar-refractivity contribution in [1.82, 2.24) is 0 Å². The second kappa shape index (κ2) is 6.17. The van der Waals surface area contributed by atoms with Gasteiger partial charge in [0.05, 0.1) is 0 Å². The smallest absolute Gasteiger partial charge is 0.273 e. The normalized spacial score (nSPS) is 11.3. The lowest BCUT2D eigenvalue weighted by Gasteiger charge is -2.24. The number of halogens is 4. The van der Waals surface area contributed by atoms with Crippen molar-refractivity contribution >= 4 is 17.3 Å². The van der Waals surface area contributed by atoms with Gasteiger partial charge in [-0.3, -0.25) is 9.69 Å². The summed E-state index contributed by atoms with van der Waals surface area (Å²) in [4.78, 5) is 12.3. The average molecular weight is 311 g/mol. The Hall–Kier alpha value is -2.37. The molecule has 0 aliphatic carbocycles. The second-order valence-corrected chi connectivity index (χ2v) is 4.64. The van der Waals surface area contributed by atoms with Gasteiger partial charge in [-0.25, -0.2) is 4.39 Å². The fourth-order valence-corrected chi connectivity index (χ4v) is 2.02. The Morgan fingerprint density at radius 3 is 2.23 bits per heavy atom. The minimum Gasteiger partial charge on any atom is -0.273 e. The first-order valence-corrected chi connectivity index (χ1v) is 6.58. The van der Waals surface area contributed by atoms with Gasteiger partial charge in [0.25, 0.3) is 0 Å². The molecule has 0 aliphatic rings. The molecule has 0 aromatic heterocycles. The van der Waals surface area contributed by atoms with Crippen LogP contribution >= 0.6 is 0 Å². The van der Waals surface area contributed by atoms with Gasteiger partial charge in [0.2, 0.25) is 0 Å². The number of aryl methyl sites for hydroxylation is 1. The van der Waals surface area contributed by atoms with Crippen LogP contribution in [0.5, 0.6) is 0 Å². The summed E-state index contributed by atoms with van der Waals surface area (Å²) in [6.45, 7) is 1.85. The SMILES string of the molecule is CCc1cccc(N(C(=O)C(F)(F)F)c2ccc(F)cc2)c1. The van der Waals surface area contributed by atoms with Crippen molar-refractivity contribution in [3.63, 3.8) is 0 Å². The number of rotatable bonds is 3. The topological polar surface area (TPSA) is 20.3 Å². The Kier molecular flexibility index (Phi) is 4.49. The number of amides is 1. The van der Waals surface area contributed by atoms with Crippen LogP contribution in [0.15, 0.2) is 48.5 Å². The Balaban J connectivity index is 2.54. The van der Waals surface area contributed by atoms with Crippen LogP contribution in [0.2, 0.25) is 0 Å². The maximum Gasteiger partial charge on any atom is 0.472 e. The standard InChI is InChI=1S/C16H13F4NO/c1-2-11-4-3-5-14(10-11)21(15(22)16(18,19)20)13-8-6-12(17)7-9-13/h3-10H,2H2,1H3. The molecule has 0 heterocycles. The Morgan fingerprint density at radius 2 is 1.68 bits per heavy atom. The highest BCUT2D eigenvalue weighted by Crippen LogP contribution is 2.31. The lowest BCUT2D eigenvalue weighted by Crippen LogP contribution is -2.38. The fourth-order valence-electron chi connectivity index (χ4n) is 2.02. The number of anilines is 2. The number of carbonyl (C=O) groups excluding carboxylic acids is 1. The lowest BCUT2D eigenvalue weighted by atomic mass is 10.1. The fraction of sp³-hybridized carbons (Fsp3) is 0.188. The average Bonchev–Trinajstić information content (AvgIpc) is 2.48. The third-order valence-corrected chi connectivity index (χ3v) is 3.11. The van der Waals surface area contributed by atoms with Gasteiger partial charge in [0.15, 0.2) is 0 Å². The van der Waals surface area contributed by atoms with Gasteiger partial charge in [0, 0.05) is 11.4 Å². The van der Waals surface area contributed by atoms with Gasteiger partial charge in [0.1, 0.15) is 5.82 Å². The van der Waals surface area contributed by atoms with E-state index in [-0.39, 0.29) is 11.4 Å². The first-order chi connectivity index (χ1) is 10.3. The number of benzene rings is 2. The summed E-state index contributed by atoms with van der Waals surface area (Å²) < 4.78 is 51.6. The van der Waals surface area contributed by atoms with Crippen LogP contribution < -0.4 is 4.90 Å². The van der Waals surface area contributed by atoms with Crippen molar-refractivity contribution in [2.24, 2.45) is 0 Å². The molecule has 116 valence electrons. The second-order valence-electron chi connectivity index (χ2n) is 4.64. The number of hydrogen-bond acceptors (Lipinski definition) is 1. The zero-order valence-electron chi connectivity index (χ0n) is 11.7. The molecular weight excluding hydrogens is 298 g/mol. The highest BCUT2D eigenvalue weighted by molar-refractivity contribution is 6.03. The maximum absolute atomic E-state index is 13.0. The third kappa shape index (κ3) is 3.44. The molecule has 0 aliphatic heterocycles. The number of hydrogen-bond donors (Lipinski definition) is 0. The molecular formula is C16H13F4NO. The minimum atomic E-state index is -5.03. The predicted octanol–water partition coefficient (Wildman–Crippen LogP) is 4.62. The van der Waals surface area contributed by atoms with Crippen molar-refractivity contribution in [1.29, 1.82) is 0 Å². The van der Waals surface area contributed by atoms with Crippen LogP contribution in [0.25, 0.3) is 0 Å². The molecule has 0 saturated carbocycles. The van der Waals surface area contributed by atoms with E-state index in [2.05, 4.69) is 0 Å². The van der Waals surface area contributed by atoms with Gasteiger partial charge in [-0.2, -0.15) is 13.2 Å². The summed E-state index contributed by atoms with van der Waals surface area (Å²) in [5.41, 5.74) is 0.838. The van der Waals surface area contributed by atoms with E-state index < -0.39 is 17.9 Å². The highest BCUT2D eigenvalue weighted by Gasteiger charge is 2.43. The zero-order valence-corrected chi connectivity index (χ0v) is 11.7. The molecule has 0 atom stereocenters. The highest BCUT2D eigenvalue weighted by atomic mass is 19.4. The first-order valence-electron chi connectivity index (χ1n) is 6.58. The van der Waals surface area contributed by atoms with E-state index in [4.69, 9.17) is 0 Å². The number of carbonyl (C=O) groups is 1. The van der Waals surface area contributed by atoms with Crippen LogP contribution in [0.4, 0.5) is 28.9 Å². The summed E-state index contributed by atoms with van der Waals surface area (Å²) in [5.74, 6) is -2.61. The number of nitrogens with zero attached hydrogens (tertiary/aromatic N) is 1. The van der Waals surface area contributed by atoms with E-state index in [1.54, 1.807) is 12.1 Å². The summed E-state index contributed by atoms with van der Waals surface area (Å²) in [5, 5.41) is 0. The van der Waals surface area contributed by atoms with Gasteiger partial charge < -0.3 is 0 Å². The monoisotopic (exact) mass is 311 g/mol. The molecule has 0 N–H and O–H groups in total. The van der Waals surface area contributed by atoms with Gasteiger partial charge in [-0.15, -0.1) is 0 Å². The Morgan fingerprint density at radius 1 is 1.05 bits per heavy atom. The summed E-state index contributed by atoms with van der Waals surface area (Å²) >= 11 is 0. The predicted molar refractivity (Wildman–Crippen MR) is 75.4 cm³/mol. The van der Waals surface area contributed by atoms with Crippen LogP contribution in [0, 0.1) is 5.82 Å². The molecule has 2 nitrogen and oxygen atoms in total. The van der Waals surface area contributed by atoms with Crippen LogP contribution in [0.3, 0.4) is 0 Å². The molecule has 0 bridgehead atoms. The quantitative estimate of drug-likeness (QED) is 0.758. The first kappa shape index (κ1) is 16.0. The third-order valence-electron chi connectivity index (χ3n) is 3.11. The summed E-state index contributed by atoms with van der Waals surface area (Å²) in [7, 11) is 0. The van der Waals surface area contributed by atoms with Crippen molar-refractivity contribution in [2.45, 2.75) is 19.5 Å². The Labute approximate surface area is 125 Å². The van der Waals surface area contributed by atoms with E-state index in [0.717, 1.165) is 29.8 Å². The molecule has 0 fully saturated rings. The lowest BCUT2D eigenvalue weighted by molar-refractivity contribution is -0.169. The molecule has 0 unspecified atom stereocenters. The molecule has 2 aromatic carbocycles. The molecule has 0 radical (unpaired) electrons. The van der Waals surface area contributed by atoms with E-state index in [9.17, 15) is 22.4 Å². The Bertz CT molecular complexity index is 665. The van der Waals surface area contributed by atoms with E-state index in [1.165, 1.54) is 12.1 Å². The molecule has 1 amide bonds. The summed E-state index contributed by atoms with van der Waals surface area (Å²) in [6.07, 6.45) is -4.41.